The first-order valence-electron chi connectivity index (χ1n) is 11.1. The number of nitrogens with one attached hydrogen (secondary N) is 2. The summed E-state index contributed by atoms with van der Waals surface area (Å²) in [5.41, 5.74) is -0.0999. The van der Waals surface area contributed by atoms with Crippen molar-refractivity contribution in [3.8, 4) is 0 Å². The minimum Gasteiger partial charge on any atom is -0.370 e. The van der Waals surface area contributed by atoms with Crippen LogP contribution in [0.3, 0.4) is 0 Å². The molecule has 0 spiro atoms. The van der Waals surface area contributed by atoms with Gasteiger partial charge in [0.2, 0.25) is 5.91 Å². The number of nitrogens with zero attached hydrogens (tertiary/aromatic N) is 2. The number of hydrogen-bond donors (Lipinski definition) is 2. The molecule has 3 rings (SSSR count). The summed E-state index contributed by atoms with van der Waals surface area (Å²) in [5.74, 6) is -1.21. The van der Waals surface area contributed by atoms with Gasteiger partial charge in [0.1, 0.15) is 12.6 Å². The van der Waals surface area contributed by atoms with Crippen LogP contribution in [0.2, 0.25) is 4.34 Å². The Labute approximate surface area is 211 Å². The Hall–Kier alpha value is -2.60. The van der Waals surface area contributed by atoms with Crippen molar-refractivity contribution >= 4 is 52.0 Å². The maximum atomic E-state index is 13.8. The normalized spacial score (nSPS) is 14.9. The molecule has 2 heterocycles. The molecular weight excluding hydrogens is 502 g/mol. The molecule has 2 N–H and O–H groups in total. The van der Waals surface area contributed by atoms with E-state index in [1.807, 2.05) is 18.7 Å². The fraction of sp³-hybridized carbons (Fsp3) is 0.435. The van der Waals surface area contributed by atoms with Crippen molar-refractivity contribution in [1.29, 1.82) is 0 Å². The van der Waals surface area contributed by atoms with Gasteiger partial charge in [-0.15, -0.1) is 11.3 Å². The zero-order valence-electron chi connectivity index (χ0n) is 19.4. The van der Waals surface area contributed by atoms with Crippen LogP contribution in [0.25, 0.3) is 0 Å². The molecule has 1 aromatic heterocycles. The molecule has 0 unspecified atom stereocenters. The van der Waals surface area contributed by atoms with Gasteiger partial charge in [-0.25, -0.2) is 8.78 Å². The van der Waals surface area contributed by atoms with Crippen molar-refractivity contribution in [2.45, 2.75) is 26.3 Å². The van der Waals surface area contributed by atoms with E-state index in [0.29, 0.717) is 22.3 Å². The highest BCUT2D eigenvalue weighted by molar-refractivity contribution is 7.18. The molecule has 190 valence electrons. The zero-order valence-corrected chi connectivity index (χ0v) is 20.9. The third kappa shape index (κ3) is 6.75. The highest BCUT2D eigenvalue weighted by atomic mass is 35.5. The molecule has 35 heavy (non-hydrogen) atoms. The van der Waals surface area contributed by atoms with Gasteiger partial charge >= 0.3 is 0 Å². The molecule has 1 saturated heterocycles. The fourth-order valence-electron chi connectivity index (χ4n) is 3.82. The highest BCUT2D eigenvalue weighted by Crippen LogP contribution is 2.33. The van der Waals surface area contributed by atoms with Gasteiger partial charge in [-0.2, -0.15) is 0 Å². The standard InChI is InChI=1S/C23H27ClF2N4O4S/c1-3-29(4-2)17(12-27-23(33)18-7-8-19(24)35-18)22(32)28-14-5-6-16(15(11-14)21(25)26)30-9-10-34-13-20(30)31/h5-8,11,17,21H,3-4,9-10,12-13H2,1-2H3,(H,27,33)(H,28,32)/t17-/m1/s1. The van der Waals surface area contributed by atoms with E-state index in [-0.39, 0.29) is 49.1 Å². The van der Waals surface area contributed by atoms with Crippen molar-refractivity contribution in [2.24, 2.45) is 0 Å². The van der Waals surface area contributed by atoms with E-state index in [0.717, 1.165) is 11.3 Å². The van der Waals surface area contributed by atoms with Crippen LogP contribution in [0.5, 0.6) is 0 Å². The number of rotatable bonds is 10. The average Bonchev–Trinajstić information content (AvgIpc) is 3.28. The second kappa shape index (κ2) is 12.4. The third-order valence-electron chi connectivity index (χ3n) is 5.62. The van der Waals surface area contributed by atoms with Crippen LogP contribution >= 0.6 is 22.9 Å². The molecule has 1 aliphatic rings. The van der Waals surface area contributed by atoms with Crippen LogP contribution in [0.4, 0.5) is 20.2 Å². The van der Waals surface area contributed by atoms with Gasteiger partial charge in [0.05, 0.1) is 21.5 Å². The monoisotopic (exact) mass is 528 g/mol. The average molecular weight is 529 g/mol. The number of amides is 3. The first-order chi connectivity index (χ1) is 16.7. The van der Waals surface area contributed by atoms with Crippen LogP contribution in [0, 0.1) is 0 Å². The van der Waals surface area contributed by atoms with E-state index in [4.69, 9.17) is 16.3 Å². The number of alkyl halides is 2. The van der Waals surface area contributed by atoms with E-state index < -0.39 is 24.3 Å². The van der Waals surface area contributed by atoms with E-state index in [9.17, 15) is 23.2 Å². The summed E-state index contributed by atoms with van der Waals surface area (Å²) in [4.78, 5) is 41.3. The molecule has 8 nitrogen and oxygen atoms in total. The molecule has 3 amide bonds. The number of thiophene rings is 1. The van der Waals surface area contributed by atoms with Gasteiger partial charge in [0, 0.05) is 24.3 Å². The lowest BCUT2D eigenvalue weighted by Gasteiger charge is -2.30. The molecule has 1 aromatic carbocycles. The Morgan fingerprint density at radius 1 is 1.23 bits per heavy atom. The summed E-state index contributed by atoms with van der Waals surface area (Å²) < 4.78 is 33.2. The van der Waals surface area contributed by atoms with Crippen molar-refractivity contribution in [2.75, 3.05) is 49.6 Å². The highest BCUT2D eigenvalue weighted by Gasteiger charge is 2.28. The zero-order chi connectivity index (χ0) is 25.5. The minimum absolute atomic E-state index is 0.0178. The first-order valence-corrected chi connectivity index (χ1v) is 12.3. The molecule has 0 radical (unpaired) electrons. The fourth-order valence-corrected chi connectivity index (χ4v) is 4.78. The van der Waals surface area contributed by atoms with Crippen molar-refractivity contribution < 1.29 is 27.9 Å². The molecule has 0 aliphatic carbocycles. The third-order valence-corrected chi connectivity index (χ3v) is 6.85. The molecule has 2 aromatic rings. The molecule has 0 saturated carbocycles. The van der Waals surface area contributed by atoms with Gasteiger partial charge in [-0.1, -0.05) is 25.4 Å². The Bertz CT molecular complexity index is 1060. The van der Waals surface area contributed by atoms with Gasteiger partial charge in [-0.3, -0.25) is 19.3 Å². The summed E-state index contributed by atoms with van der Waals surface area (Å²) in [7, 11) is 0. The number of carbonyl (C=O) groups excluding carboxylic acids is 3. The maximum absolute atomic E-state index is 13.8. The van der Waals surface area contributed by atoms with E-state index in [1.165, 1.54) is 23.1 Å². The van der Waals surface area contributed by atoms with E-state index in [2.05, 4.69) is 10.6 Å². The Balaban J connectivity index is 1.77. The lowest BCUT2D eigenvalue weighted by Crippen LogP contribution is -2.50. The van der Waals surface area contributed by atoms with Crippen LogP contribution in [0.1, 0.15) is 35.5 Å². The molecule has 12 heteroatoms. The summed E-state index contributed by atoms with van der Waals surface area (Å²) >= 11 is 7.02. The van der Waals surface area contributed by atoms with Gasteiger partial charge in [0.15, 0.2) is 0 Å². The molecule has 1 fully saturated rings. The maximum Gasteiger partial charge on any atom is 0.265 e. The number of anilines is 2. The minimum atomic E-state index is -2.85. The van der Waals surface area contributed by atoms with Gasteiger partial charge < -0.3 is 20.3 Å². The predicted octanol–water partition coefficient (Wildman–Crippen LogP) is 3.78. The van der Waals surface area contributed by atoms with Crippen LogP contribution in [0.15, 0.2) is 30.3 Å². The lowest BCUT2D eigenvalue weighted by atomic mass is 10.1. The molecule has 1 aliphatic heterocycles. The smallest absolute Gasteiger partial charge is 0.265 e. The van der Waals surface area contributed by atoms with Crippen LogP contribution in [-0.4, -0.2) is 68.1 Å². The number of likely N-dealkylation sites (N-methyl/N-ethyl adjacent to an activating group) is 1. The largest absolute Gasteiger partial charge is 0.370 e. The van der Waals surface area contributed by atoms with Crippen molar-refractivity contribution in [3.63, 3.8) is 0 Å². The predicted molar refractivity (Wildman–Crippen MR) is 132 cm³/mol. The number of ether oxygens (including phenoxy) is 1. The second-order valence-electron chi connectivity index (χ2n) is 7.71. The Morgan fingerprint density at radius 2 is 1.97 bits per heavy atom. The molecule has 0 bridgehead atoms. The van der Waals surface area contributed by atoms with Crippen molar-refractivity contribution in [3.05, 3.63) is 45.1 Å². The topological polar surface area (TPSA) is 91.0 Å². The SMILES string of the molecule is CCN(CC)[C@H](CNC(=O)c1ccc(Cl)s1)C(=O)Nc1ccc(N2CCOCC2=O)c(C(F)F)c1. The lowest BCUT2D eigenvalue weighted by molar-refractivity contribution is -0.125. The van der Waals surface area contributed by atoms with Crippen LogP contribution < -0.4 is 15.5 Å². The quantitative estimate of drug-likeness (QED) is 0.490. The second-order valence-corrected chi connectivity index (χ2v) is 9.43. The molecule has 1 atom stereocenters. The number of halogens is 3. The summed E-state index contributed by atoms with van der Waals surface area (Å²) in [6.45, 7) is 5.11. The van der Waals surface area contributed by atoms with Crippen molar-refractivity contribution in [1.82, 2.24) is 10.2 Å². The molecular formula is C23H27ClF2N4O4S. The number of morpholine rings is 1. The Kier molecular flexibility index (Phi) is 9.55. The summed E-state index contributed by atoms with van der Waals surface area (Å²) in [6.07, 6.45) is -2.85. The van der Waals surface area contributed by atoms with Crippen LogP contribution in [-0.2, 0) is 14.3 Å². The van der Waals surface area contributed by atoms with Gasteiger partial charge in [0.25, 0.3) is 18.2 Å². The Morgan fingerprint density at radius 3 is 2.57 bits per heavy atom. The van der Waals surface area contributed by atoms with E-state index in [1.54, 1.807) is 12.1 Å². The number of carbonyl (C=O) groups is 3. The summed E-state index contributed by atoms with van der Waals surface area (Å²) in [6, 6.07) is 6.53. The van der Waals surface area contributed by atoms with E-state index >= 15 is 0 Å². The number of hydrogen-bond acceptors (Lipinski definition) is 6. The first kappa shape index (κ1) is 27.0. The number of benzene rings is 1. The van der Waals surface area contributed by atoms with Gasteiger partial charge in [-0.05, 0) is 43.4 Å². The summed E-state index contributed by atoms with van der Waals surface area (Å²) in [5, 5.41) is 5.43.